The van der Waals surface area contributed by atoms with Crippen molar-refractivity contribution >= 4 is 37.6 Å². The molecular formula is C12H21N6OP. The molecule has 0 fully saturated rings. The third kappa shape index (κ3) is 2.22. The summed E-state index contributed by atoms with van der Waals surface area (Å²) in [5.74, 6) is 0. The van der Waals surface area contributed by atoms with Crippen LogP contribution >= 0.6 is 9.47 Å². The van der Waals surface area contributed by atoms with Crippen molar-refractivity contribution in [3.8, 4) is 0 Å². The van der Waals surface area contributed by atoms with Crippen molar-refractivity contribution in [3.05, 3.63) is 6.07 Å². The number of aromatic nitrogens is 3. The number of fused-ring (bicyclic) bond motifs is 1. The quantitative estimate of drug-likeness (QED) is 0.780. The van der Waals surface area contributed by atoms with Gasteiger partial charge >= 0.3 is 0 Å². The molecule has 0 spiro atoms. The second-order valence-corrected chi connectivity index (χ2v) is 5.42. The highest BCUT2D eigenvalue weighted by Crippen LogP contribution is 2.41. The predicted molar refractivity (Wildman–Crippen MR) is 86.8 cm³/mol. The molecule has 0 amide bonds. The average molecular weight is 296 g/mol. The Morgan fingerprint density at radius 2 is 1.60 bits per heavy atom. The second-order valence-electron chi connectivity index (χ2n) is 5.21. The van der Waals surface area contributed by atoms with E-state index in [1.54, 1.807) is 0 Å². The van der Waals surface area contributed by atoms with Crippen molar-refractivity contribution in [2.24, 2.45) is 0 Å². The lowest BCUT2D eigenvalue weighted by Crippen LogP contribution is -2.21. The predicted octanol–water partition coefficient (Wildman–Crippen LogP) is 0.848. The summed E-state index contributed by atoms with van der Waals surface area (Å²) in [5, 5.41) is 8.26. The Kier molecular flexibility index (Phi) is 3.90. The molecule has 110 valence electrons. The smallest absolute Gasteiger partial charge is 0.142 e. The SMILES string of the molecule is CN(C)c1cc2c(nnn2OP)c(N(C)C)c1N(C)C. The Morgan fingerprint density at radius 3 is 2.05 bits per heavy atom. The van der Waals surface area contributed by atoms with Gasteiger partial charge in [0.1, 0.15) is 11.0 Å². The maximum atomic E-state index is 5.15. The first kappa shape index (κ1) is 14.7. The summed E-state index contributed by atoms with van der Waals surface area (Å²) in [4.78, 5) is 7.61. The Bertz CT molecular complexity index is 622. The topological polar surface area (TPSA) is 49.7 Å². The van der Waals surface area contributed by atoms with E-state index in [-0.39, 0.29) is 0 Å². The molecule has 0 aliphatic heterocycles. The molecule has 2 aromatic rings. The Labute approximate surface area is 121 Å². The van der Waals surface area contributed by atoms with Gasteiger partial charge in [-0.05, 0) is 11.3 Å². The zero-order chi connectivity index (χ0) is 15.0. The fourth-order valence-electron chi connectivity index (χ4n) is 2.28. The van der Waals surface area contributed by atoms with Gasteiger partial charge in [-0.25, -0.2) is 0 Å². The van der Waals surface area contributed by atoms with Gasteiger partial charge in [0.2, 0.25) is 0 Å². The van der Waals surface area contributed by atoms with Crippen molar-refractivity contribution in [1.82, 2.24) is 15.2 Å². The molecule has 1 unspecified atom stereocenters. The Hall–Kier alpha value is -1.75. The van der Waals surface area contributed by atoms with Gasteiger partial charge in [-0.1, -0.05) is 4.85 Å². The van der Waals surface area contributed by atoms with E-state index in [0.29, 0.717) is 0 Å². The van der Waals surface area contributed by atoms with Crippen molar-refractivity contribution in [2.45, 2.75) is 0 Å². The third-order valence-corrected chi connectivity index (χ3v) is 3.32. The number of rotatable bonds is 4. The highest BCUT2D eigenvalue weighted by atomic mass is 31.0. The van der Waals surface area contributed by atoms with E-state index in [0.717, 1.165) is 28.1 Å². The van der Waals surface area contributed by atoms with Crippen LogP contribution in [0, 0.1) is 0 Å². The van der Waals surface area contributed by atoms with Gasteiger partial charge < -0.3 is 19.3 Å². The van der Waals surface area contributed by atoms with E-state index < -0.39 is 0 Å². The first-order valence-electron chi connectivity index (χ1n) is 6.20. The largest absolute Gasteiger partial charge is 0.383 e. The summed E-state index contributed by atoms with van der Waals surface area (Å²) in [6, 6.07) is 2.03. The maximum Gasteiger partial charge on any atom is 0.142 e. The van der Waals surface area contributed by atoms with E-state index in [1.807, 2.05) is 53.3 Å². The van der Waals surface area contributed by atoms with Crippen molar-refractivity contribution < 1.29 is 4.62 Å². The van der Waals surface area contributed by atoms with Gasteiger partial charge in [0.15, 0.2) is 0 Å². The monoisotopic (exact) mass is 296 g/mol. The van der Waals surface area contributed by atoms with Crippen molar-refractivity contribution in [1.29, 1.82) is 0 Å². The zero-order valence-corrected chi connectivity index (χ0v) is 13.9. The number of nitrogens with zero attached hydrogens (tertiary/aromatic N) is 6. The fraction of sp³-hybridized carbons (Fsp3) is 0.500. The van der Waals surface area contributed by atoms with Crippen LogP contribution in [0.5, 0.6) is 0 Å². The average Bonchev–Trinajstić information content (AvgIpc) is 2.78. The van der Waals surface area contributed by atoms with Crippen LogP contribution in [-0.4, -0.2) is 57.4 Å². The molecule has 1 atom stereocenters. The normalized spacial score (nSPS) is 10.8. The second kappa shape index (κ2) is 5.32. The zero-order valence-electron chi connectivity index (χ0n) is 12.7. The lowest BCUT2D eigenvalue weighted by atomic mass is 10.1. The molecule has 0 N–H and O–H groups in total. The van der Waals surface area contributed by atoms with Gasteiger partial charge in [0.25, 0.3) is 0 Å². The standard InChI is InChI=1S/C12H21N6OP/c1-15(2)9-7-8-10(13-14-18(8)19-20)12(17(5)6)11(9)16(3)4/h7H,20H2,1-6H3. The van der Waals surface area contributed by atoms with Crippen LogP contribution in [0.1, 0.15) is 0 Å². The molecule has 0 aliphatic rings. The molecule has 0 radical (unpaired) electrons. The molecule has 1 aromatic heterocycles. The van der Waals surface area contributed by atoms with Gasteiger partial charge in [-0.15, -0.1) is 5.10 Å². The van der Waals surface area contributed by atoms with E-state index in [4.69, 9.17) is 4.62 Å². The van der Waals surface area contributed by atoms with Crippen LogP contribution in [0.4, 0.5) is 17.1 Å². The van der Waals surface area contributed by atoms with Crippen LogP contribution < -0.4 is 19.3 Å². The summed E-state index contributed by atoms with van der Waals surface area (Å²) in [7, 11) is 14.3. The van der Waals surface area contributed by atoms with Crippen LogP contribution in [0.2, 0.25) is 0 Å². The summed E-state index contributed by atoms with van der Waals surface area (Å²) in [6.45, 7) is 0. The lowest BCUT2D eigenvalue weighted by molar-refractivity contribution is 0.279. The molecule has 2 rings (SSSR count). The number of hydrogen-bond acceptors (Lipinski definition) is 6. The maximum absolute atomic E-state index is 5.15. The molecule has 0 saturated heterocycles. The number of hydrogen-bond donors (Lipinski definition) is 0. The third-order valence-electron chi connectivity index (χ3n) is 3.12. The number of anilines is 3. The highest BCUT2D eigenvalue weighted by molar-refractivity contribution is 7.10. The molecule has 8 heteroatoms. The Morgan fingerprint density at radius 1 is 1.00 bits per heavy atom. The van der Waals surface area contributed by atoms with Crippen molar-refractivity contribution in [2.75, 3.05) is 57.0 Å². The first-order valence-corrected chi connectivity index (χ1v) is 6.67. The van der Waals surface area contributed by atoms with E-state index >= 15 is 0 Å². The minimum absolute atomic E-state index is 0.812. The van der Waals surface area contributed by atoms with E-state index in [2.05, 4.69) is 29.6 Å². The minimum atomic E-state index is 0.812. The van der Waals surface area contributed by atoms with Gasteiger partial charge in [-0.2, -0.15) is 0 Å². The molecule has 0 aliphatic carbocycles. The van der Waals surface area contributed by atoms with Crippen LogP contribution in [-0.2, 0) is 0 Å². The van der Waals surface area contributed by atoms with E-state index in [1.165, 1.54) is 4.85 Å². The summed E-state index contributed by atoms with van der Waals surface area (Å²) >= 11 is 0. The molecule has 0 saturated carbocycles. The summed E-state index contributed by atoms with van der Waals surface area (Å²) in [6.07, 6.45) is 0. The summed E-state index contributed by atoms with van der Waals surface area (Å²) < 4.78 is 5.15. The van der Waals surface area contributed by atoms with Crippen LogP contribution in [0.25, 0.3) is 11.0 Å². The first-order chi connectivity index (χ1) is 9.38. The van der Waals surface area contributed by atoms with Gasteiger partial charge in [0.05, 0.1) is 26.5 Å². The Balaban J connectivity index is 2.91. The van der Waals surface area contributed by atoms with Crippen LogP contribution in [0.3, 0.4) is 0 Å². The van der Waals surface area contributed by atoms with Crippen molar-refractivity contribution in [3.63, 3.8) is 0 Å². The van der Waals surface area contributed by atoms with Gasteiger partial charge in [-0.3, -0.25) is 0 Å². The summed E-state index contributed by atoms with van der Waals surface area (Å²) in [5.41, 5.74) is 4.84. The lowest BCUT2D eigenvalue weighted by Gasteiger charge is -2.28. The molecule has 0 bridgehead atoms. The fourth-order valence-corrected chi connectivity index (χ4v) is 2.44. The van der Waals surface area contributed by atoms with Crippen LogP contribution in [0.15, 0.2) is 6.07 Å². The molecule has 7 nitrogen and oxygen atoms in total. The number of benzene rings is 1. The molecule has 1 aromatic carbocycles. The molecular weight excluding hydrogens is 275 g/mol. The molecule has 1 heterocycles. The van der Waals surface area contributed by atoms with Gasteiger partial charge in [0, 0.05) is 42.3 Å². The minimum Gasteiger partial charge on any atom is -0.383 e. The van der Waals surface area contributed by atoms with E-state index in [9.17, 15) is 0 Å². The highest BCUT2D eigenvalue weighted by Gasteiger charge is 2.22. The molecule has 20 heavy (non-hydrogen) atoms.